The van der Waals surface area contributed by atoms with Crippen molar-refractivity contribution in [3.8, 4) is 5.75 Å². The molecule has 1 aromatic rings. The van der Waals surface area contributed by atoms with Gasteiger partial charge in [-0.25, -0.2) is 0 Å². The number of aryl methyl sites for hydroxylation is 1. The van der Waals surface area contributed by atoms with Crippen LogP contribution in [0.3, 0.4) is 0 Å². The third kappa shape index (κ3) is 4.77. The Labute approximate surface area is 153 Å². The number of aliphatic imine (C=N–C) groups is 1. The number of halogens is 2. The molecular weight excluding hydrogens is 418 g/mol. The van der Waals surface area contributed by atoms with Gasteiger partial charge in [0.05, 0.1) is 11.0 Å². The SMILES string of the molecule is Cc1cc([N+](=O)[O-])cc(C=NC2CC3CCC2C3)c1O.[Cl][Zr][Cl]. The van der Waals surface area contributed by atoms with E-state index >= 15 is 0 Å². The molecular formula is C15H18Cl2N2O3Zr. The Kier molecular flexibility index (Phi) is 7.05. The summed E-state index contributed by atoms with van der Waals surface area (Å²) in [5, 5.41) is 20.9. The summed E-state index contributed by atoms with van der Waals surface area (Å²) in [4.78, 5) is 15.0. The third-order valence-corrected chi connectivity index (χ3v) is 4.63. The summed E-state index contributed by atoms with van der Waals surface area (Å²) in [5.74, 6) is 1.56. The van der Waals surface area contributed by atoms with E-state index < -0.39 is 25.8 Å². The fourth-order valence-electron chi connectivity index (χ4n) is 3.56. The van der Waals surface area contributed by atoms with Gasteiger partial charge in [-0.2, -0.15) is 0 Å². The molecule has 1 N–H and O–H groups in total. The van der Waals surface area contributed by atoms with Gasteiger partial charge < -0.3 is 5.11 Å². The molecule has 3 unspecified atom stereocenters. The summed E-state index contributed by atoms with van der Waals surface area (Å²) < 4.78 is 0. The fourth-order valence-corrected chi connectivity index (χ4v) is 3.56. The van der Waals surface area contributed by atoms with E-state index in [1.165, 1.54) is 31.4 Å². The summed E-state index contributed by atoms with van der Waals surface area (Å²) >= 11 is -0.826. The zero-order valence-electron chi connectivity index (χ0n) is 12.7. The average Bonchev–Trinajstić information content (AvgIpc) is 3.12. The maximum atomic E-state index is 10.9. The number of rotatable bonds is 3. The van der Waals surface area contributed by atoms with E-state index in [-0.39, 0.29) is 11.4 Å². The normalized spacial score (nSPS) is 25.3. The van der Waals surface area contributed by atoms with Crippen LogP contribution in [0, 0.1) is 28.9 Å². The molecule has 124 valence electrons. The van der Waals surface area contributed by atoms with Gasteiger partial charge in [0.25, 0.3) is 5.69 Å². The average molecular weight is 436 g/mol. The predicted octanol–water partition coefficient (Wildman–Crippen LogP) is 4.59. The maximum absolute atomic E-state index is 10.9. The van der Waals surface area contributed by atoms with Crippen molar-refractivity contribution in [3.05, 3.63) is 33.4 Å². The van der Waals surface area contributed by atoms with Crippen molar-refractivity contribution >= 4 is 28.9 Å². The zero-order chi connectivity index (χ0) is 17.0. The van der Waals surface area contributed by atoms with Crippen molar-refractivity contribution in [2.45, 2.75) is 38.6 Å². The van der Waals surface area contributed by atoms with E-state index in [0.29, 0.717) is 23.1 Å². The number of hydrogen-bond acceptors (Lipinski definition) is 4. The minimum atomic E-state index is -0.826. The van der Waals surface area contributed by atoms with Crippen LogP contribution in [0.25, 0.3) is 0 Å². The summed E-state index contributed by atoms with van der Waals surface area (Å²) in [6.07, 6.45) is 6.56. The van der Waals surface area contributed by atoms with Crippen LogP contribution in [-0.4, -0.2) is 22.3 Å². The van der Waals surface area contributed by atoms with Crippen LogP contribution in [0.15, 0.2) is 17.1 Å². The van der Waals surface area contributed by atoms with Crippen LogP contribution >= 0.6 is 17.0 Å². The van der Waals surface area contributed by atoms with Crippen molar-refractivity contribution in [1.82, 2.24) is 0 Å². The molecule has 0 amide bonds. The fraction of sp³-hybridized carbons (Fsp3) is 0.533. The third-order valence-electron chi connectivity index (χ3n) is 4.63. The second-order valence-corrected chi connectivity index (χ2v) is 9.78. The molecule has 23 heavy (non-hydrogen) atoms. The molecule has 0 aliphatic heterocycles. The molecule has 0 radical (unpaired) electrons. The van der Waals surface area contributed by atoms with E-state index in [4.69, 9.17) is 17.0 Å². The first kappa shape index (κ1) is 18.9. The second kappa shape index (κ2) is 8.59. The monoisotopic (exact) mass is 434 g/mol. The number of fused-ring (bicyclic) bond motifs is 2. The number of hydrogen-bond donors (Lipinski definition) is 1. The molecule has 0 aromatic heterocycles. The molecule has 1 aromatic carbocycles. The van der Waals surface area contributed by atoms with Crippen molar-refractivity contribution in [2.75, 3.05) is 0 Å². The second-order valence-electron chi connectivity index (χ2n) is 6.05. The minimum absolute atomic E-state index is 0.00491. The number of nitro groups is 1. The molecule has 5 nitrogen and oxygen atoms in total. The van der Waals surface area contributed by atoms with Gasteiger partial charge in [0.15, 0.2) is 0 Å². The van der Waals surface area contributed by atoms with Crippen molar-refractivity contribution in [2.24, 2.45) is 16.8 Å². The number of nitro benzene ring substituents is 1. The standard InChI is InChI=1S/C15H18N2O3.2ClH.Zr/c1-9-4-13(17(19)20)7-12(15(9)18)8-16-14-6-10-2-3-11(14)5-10;;;/h4,7-8,10-11,14,18H,2-3,5-6H2,1H3;2*1H;/q;;;+2/p-2. The first-order valence-corrected chi connectivity index (χ1v) is 13.8. The summed E-state index contributed by atoms with van der Waals surface area (Å²) in [6.45, 7) is 1.66. The summed E-state index contributed by atoms with van der Waals surface area (Å²) in [6, 6.07) is 3.09. The molecule has 2 aliphatic carbocycles. The molecule has 2 bridgehead atoms. The predicted molar refractivity (Wildman–Crippen MR) is 88.0 cm³/mol. The van der Waals surface area contributed by atoms with E-state index in [1.54, 1.807) is 13.1 Å². The summed E-state index contributed by atoms with van der Waals surface area (Å²) in [5.41, 5.74) is 0.947. The van der Waals surface area contributed by atoms with E-state index in [9.17, 15) is 15.2 Å². The Morgan fingerprint density at radius 1 is 1.39 bits per heavy atom. The number of benzene rings is 1. The molecule has 3 atom stereocenters. The van der Waals surface area contributed by atoms with Crippen molar-refractivity contribution in [1.29, 1.82) is 0 Å². The molecule has 0 saturated heterocycles. The number of nitrogens with zero attached hydrogens (tertiary/aromatic N) is 2. The Balaban J connectivity index is 0.000000595. The van der Waals surface area contributed by atoms with E-state index in [1.807, 2.05) is 0 Å². The van der Waals surface area contributed by atoms with Crippen LogP contribution in [0.1, 0.15) is 36.8 Å². The zero-order valence-corrected chi connectivity index (χ0v) is 16.7. The Bertz CT molecular complexity index is 613. The Morgan fingerprint density at radius 3 is 2.61 bits per heavy atom. The number of non-ortho nitro benzene ring substituents is 1. The van der Waals surface area contributed by atoms with Crippen molar-refractivity contribution < 1.29 is 30.9 Å². The van der Waals surface area contributed by atoms with Gasteiger partial charge >= 0.3 is 37.9 Å². The Hall–Kier alpha value is -0.447. The molecule has 3 rings (SSSR count). The molecule has 8 heteroatoms. The molecule has 2 aliphatic rings. The van der Waals surface area contributed by atoms with Crippen LogP contribution in [0.4, 0.5) is 5.69 Å². The molecule has 2 saturated carbocycles. The Morgan fingerprint density at radius 2 is 2.09 bits per heavy atom. The van der Waals surface area contributed by atoms with Gasteiger partial charge in [-0.15, -0.1) is 0 Å². The van der Waals surface area contributed by atoms with Gasteiger partial charge in [-0.3, -0.25) is 15.1 Å². The topological polar surface area (TPSA) is 75.7 Å². The van der Waals surface area contributed by atoms with Gasteiger partial charge in [0.1, 0.15) is 5.75 Å². The van der Waals surface area contributed by atoms with Crippen LogP contribution in [0.2, 0.25) is 0 Å². The van der Waals surface area contributed by atoms with Crippen LogP contribution in [-0.2, 0) is 20.8 Å². The number of phenolic OH excluding ortho intramolecular Hbond substituents is 1. The summed E-state index contributed by atoms with van der Waals surface area (Å²) in [7, 11) is 9.87. The molecule has 0 heterocycles. The molecule has 0 spiro atoms. The first-order valence-electron chi connectivity index (χ1n) is 7.43. The van der Waals surface area contributed by atoms with E-state index in [0.717, 1.165) is 12.3 Å². The van der Waals surface area contributed by atoms with Crippen LogP contribution < -0.4 is 0 Å². The van der Waals surface area contributed by atoms with Gasteiger partial charge in [-0.05, 0) is 43.6 Å². The first-order chi connectivity index (χ1) is 11.0. The van der Waals surface area contributed by atoms with Gasteiger partial charge in [0, 0.05) is 23.9 Å². The number of phenols is 1. The van der Waals surface area contributed by atoms with E-state index in [2.05, 4.69) is 4.99 Å². The quantitative estimate of drug-likeness (QED) is 0.428. The van der Waals surface area contributed by atoms with Crippen molar-refractivity contribution in [3.63, 3.8) is 0 Å². The number of aromatic hydroxyl groups is 1. The van der Waals surface area contributed by atoms with Gasteiger partial charge in [0.2, 0.25) is 0 Å². The molecule has 2 fully saturated rings. The van der Waals surface area contributed by atoms with Crippen LogP contribution in [0.5, 0.6) is 5.75 Å². The van der Waals surface area contributed by atoms with Gasteiger partial charge in [-0.1, -0.05) is 6.42 Å².